The minimum atomic E-state index is 0.106. The minimum Gasteiger partial charge on any atom is -0.378 e. The first kappa shape index (κ1) is 16.9. The molecule has 120 valence electrons. The molecule has 0 bridgehead atoms. The molecule has 0 aliphatic carbocycles. The highest BCUT2D eigenvalue weighted by Gasteiger charge is 2.40. The Hall–Kier alpha value is -0.420. The number of thiophene rings is 1. The van der Waals surface area contributed by atoms with Gasteiger partial charge >= 0.3 is 0 Å². The Bertz CT molecular complexity index is 407. The molecule has 0 spiro atoms. The van der Waals surface area contributed by atoms with E-state index in [1.165, 1.54) is 11.3 Å². The third kappa shape index (κ3) is 4.07. The highest BCUT2D eigenvalue weighted by atomic mass is 32.1. The van der Waals surface area contributed by atoms with Gasteiger partial charge in [-0.25, -0.2) is 0 Å². The first-order valence-electron chi connectivity index (χ1n) is 8.18. The Morgan fingerprint density at radius 3 is 3.00 bits per heavy atom. The average molecular weight is 311 g/mol. The zero-order valence-corrected chi connectivity index (χ0v) is 14.5. The number of rotatable bonds is 7. The second kappa shape index (κ2) is 7.73. The largest absolute Gasteiger partial charge is 0.378 e. The molecular weight excluding hydrogens is 280 g/mol. The molecule has 2 heterocycles. The molecular formula is C17H30N2OS. The van der Waals surface area contributed by atoms with Crippen molar-refractivity contribution in [3.63, 3.8) is 0 Å². The van der Waals surface area contributed by atoms with Gasteiger partial charge < -0.3 is 10.5 Å². The van der Waals surface area contributed by atoms with Crippen LogP contribution in [0, 0.1) is 0 Å². The summed E-state index contributed by atoms with van der Waals surface area (Å²) < 4.78 is 5.93. The van der Waals surface area contributed by atoms with Crippen molar-refractivity contribution in [1.29, 1.82) is 0 Å². The van der Waals surface area contributed by atoms with E-state index in [-0.39, 0.29) is 5.54 Å². The third-order valence-electron chi connectivity index (χ3n) is 5.01. The third-order valence-corrected chi connectivity index (χ3v) is 5.90. The lowest BCUT2D eigenvalue weighted by Crippen LogP contribution is -2.59. The van der Waals surface area contributed by atoms with Crippen molar-refractivity contribution in [2.75, 3.05) is 20.2 Å². The molecule has 0 saturated carbocycles. The number of likely N-dealkylation sites (N-methyl/N-ethyl adjacent to an activating group) is 1. The van der Waals surface area contributed by atoms with Crippen LogP contribution < -0.4 is 5.73 Å². The lowest BCUT2D eigenvalue weighted by molar-refractivity contribution is -0.0758. The molecule has 1 aliphatic rings. The van der Waals surface area contributed by atoms with Gasteiger partial charge in [-0.3, -0.25) is 4.90 Å². The number of hydrogen-bond donors (Lipinski definition) is 1. The van der Waals surface area contributed by atoms with Crippen LogP contribution in [-0.2, 0) is 11.2 Å². The van der Waals surface area contributed by atoms with Crippen LogP contribution in [0.4, 0.5) is 0 Å². The SMILES string of the molecule is CCCC1CC(CN)(N(C)C(C)Cc2cccs2)CCO1. The van der Waals surface area contributed by atoms with Crippen molar-refractivity contribution in [2.45, 2.75) is 63.6 Å². The topological polar surface area (TPSA) is 38.5 Å². The molecule has 0 amide bonds. The summed E-state index contributed by atoms with van der Waals surface area (Å²) in [5.41, 5.74) is 6.32. The summed E-state index contributed by atoms with van der Waals surface area (Å²) in [6, 6.07) is 4.87. The van der Waals surface area contributed by atoms with Crippen molar-refractivity contribution in [2.24, 2.45) is 5.73 Å². The van der Waals surface area contributed by atoms with Crippen molar-refractivity contribution >= 4 is 11.3 Å². The van der Waals surface area contributed by atoms with Gasteiger partial charge in [0.2, 0.25) is 0 Å². The molecule has 2 N–H and O–H groups in total. The Balaban J connectivity index is 2.03. The second-order valence-electron chi connectivity index (χ2n) is 6.41. The molecule has 3 atom stereocenters. The molecule has 4 heteroatoms. The molecule has 1 fully saturated rings. The van der Waals surface area contributed by atoms with Crippen LogP contribution in [0.25, 0.3) is 0 Å². The van der Waals surface area contributed by atoms with Gasteiger partial charge in [0.05, 0.1) is 6.10 Å². The first-order chi connectivity index (χ1) is 10.1. The monoisotopic (exact) mass is 310 g/mol. The van der Waals surface area contributed by atoms with E-state index in [1.54, 1.807) is 0 Å². The molecule has 21 heavy (non-hydrogen) atoms. The normalized spacial score (nSPS) is 28.0. The van der Waals surface area contributed by atoms with Crippen molar-refractivity contribution < 1.29 is 4.74 Å². The van der Waals surface area contributed by atoms with Gasteiger partial charge in [-0.15, -0.1) is 11.3 Å². The maximum absolute atomic E-state index is 6.21. The summed E-state index contributed by atoms with van der Waals surface area (Å²) >= 11 is 1.85. The highest BCUT2D eigenvalue weighted by molar-refractivity contribution is 7.09. The first-order valence-corrected chi connectivity index (χ1v) is 9.06. The van der Waals surface area contributed by atoms with Gasteiger partial charge in [0.1, 0.15) is 0 Å². The van der Waals surface area contributed by atoms with E-state index < -0.39 is 0 Å². The standard InChI is InChI=1S/C17H30N2OS/c1-4-6-15-12-17(13-18,8-9-20-15)19(3)14(2)11-16-7-5-10-21-16/h5,7,10,14-15H,4,6,8-9,11-13,18H2,1-3H3. The quantitative estimate of drug-likeness (QED) is 0.840. The van der Waals surface area contributed by atoms with Gasteiger partial charge in [0, 0.05) is 29.6 Å². The van der Waals surface area contributed by atoms with E-state index in [4.69, 9.17) is 10.5 Å². The maximum atomic E-state index is 6.21. The van der Waals surface area contributed by atoms with Gasteiger partial charge in [-0.2, -0.15) is 0 Å². The van der Waals surface area contributed by atoms with Crippen molar-refractivity contribution in [3.8, 4) is 0 Å². The molecule has 0 aromatic carbocycles. The predicted octanol–water partition coefficient (Wildman–Crippen LogP) is 3.29. The van der Waals surface area contributed by atoms with Crippen LogP contribution in [0.5, 0.6) is 0 Å². The highest BCUT2D eigenvalue weighted by Crippen LogP contribution is 2.33. The summed E-state index contributed by atoms with van der Waals surface area (Å²) in [6.07, 6.45) is 5.94. The zero-order chi connectivity index (χ0) is 15.3. The Morgan fingerprint density at radius 1 is 1.57 bits per heavy atom. The summed E-state index contributed by atoms with van der Waals surface area (Å²) in [7, 11) is 2.25. The van der Waals surface area contributed by atoms with E-state index in [1.807, 2.05) is 11.3 Å². The van der Waals surface area contributed by atoms with Gasteiger partial charge in [-0.05, 0) is 51.1 Å². The zero-order valence-electron chi connectivity index (χ0n) is 13.7. The van der Waals surface area contributed by atoms with Gasteiger partial charge in [-0.1, -0.05) is 19.4 Å². The lowest BCUT2D eigenvalue weighted by Gasteiger charge is -2.49. The second-order valence-corrected chi connectivity index (χ2v) is 7.44. The summed E-state index contributed by atoms with van der Waals surface area (Å²) in [6.45, 7) is 6.12. The van der Waals surface area contributed by atoms with E-state index in [0.29, 0.717) is 12.1 Å². The van der Waals surface area contributed by atoms with Crippen LogP contribution in [0.1, 0.15) is 44.4 Å². The van der Waals surface area contributed by atoms with Crippen molar-refractivity contribution in [1.82, 2.24) is 4.90 Å². The Kier molecular flexibility index (Phi) is 6.23. The summed E-state index contributed by atoms with van der Waals surface area (Å²) in [5.74, 6) is 0. The Labute approximate surface area is 133 Å². The maximum Gasteiger partial charge on any atom is 0.0593 e. The Morgan fingerprint density at radius 2 is 2.38 bits per heavy atom. The fourth-order valence-corrected chi connectivity index (χ4v) is 4.31. The number of nitrogens with zero attached hydrogens (tertiary/aromatic N) is 1. The molecule has 1 aromatic rings. The van der Waals surface area contributed by atoms with E-state index in [0.717, 1.165) is 38.8 Å². The van der Waals surface area contributed by atoms with E-state index in [2.05, 4.69) is 43.3 Å². The summed E-state index contributed by atoms with van der Waals surface area (Å²) in [5, 5.41) is 2.16. The van der Waals surface area contributed by atoms with Crippen LogP contribution in [0.2, 0.25) is 0 Å². The number of nitrogens with two attached hydrogens (primary N) is 1. The van der Waals surface area contributed by atoms with Crippen LogP contribution in [-0.4, -0.2) is 42.8 Å². The van der Waals surface area contributed by atoms with Crippen LogP contribution in [0.15, 0.2) is 17.5 Å². The molecule has 3 nitrogen and oxygen atoms in total. The van der Waals surface area contributed by atoms with E-state index in [9.17, 15) is 0 Å². The number of ether oxygens (including phenoxy) is 1. The van der Waals surface area contributed by atoms with Crippen molar-refractivity contribution in [3.05, 3.63) is 22.4 Å². The minimum absolute atomic E-state index is 0.106. The number of hydrogen-bond acceptors (Lipinski definition) is 4. The smallest absolute Gasteiger partial charge is 0.0593 e. The van der Waals surface area contributed by atoms with Gasteiger partial charge in [0.15, 0.2) is 0 Å². The average Bonchev–Trinajstić information content (AvgIpc) is 3.00. The molecule has 3 unspecified atom stereocenters. The van der Waals surface area contributed by atoms with Crippen LogP contribution >= 0.6 is 11.3 Å². The fraction of sp³-hybridized carbons (Fsp3) is 0.765. The molecule has 1 saturated heterocycles. The predicted molar refractivity (Wildman–Crippen MR) is 90.9 cm³/mol. The van der Waals surface area contributed by atoms with Crippen LogP contribution in [0.3, 0.4) is 0 Å². The molecule has 1 aromatic heterocycles. The fourth-order valence-electron chi connectivity index (χ4n) is 3.48. The van der Waals surface area contributed by atoms with E-state index >= 15 is 0 Å². The summed E-state index contributed by atoms with van der Waals surface area (Å²) in [4.78, 5) is 3.98. The lowest BCUT2D eigenvalue weighted by atomic mass is 9.82. The molecule has 0 radical (unpaired) electrons. The van der Waals surface area contributed by atoms with Gasteiger partial charge in [0.25, 0.3) is 0 Å². The molecule has 1 aliphatic heterocycles. The molecule has 2 rings (SSSR count).